The molecule has 1 rings (SSSR count). The van der Waals surface area contributed by atoms with Gasteiger partial charge in [-0.05, 0) is 25.5 Å². The number of rotatable bonds is 5. The van der Waals surface area contributed by atoms with Gasteiger partial charge in [-0.1, -0.05) is 30.3 Å². The third-order valence-corrected chi connectivity index (χ3v) is 2.44. The maximum Gasteiger partial charge on any atom is 0.0317 e. The highest BCUT2D eigenvalue weighted by Crippen LogP contribution is 2.17. The van der Waals surface area contributed by atoms with E-state index >= 15 is 0 Å². The zero-order chi connectivity index (χ0) is 9.52. The van der Waals surface area contributed by atoms with Crippen molar-refractivity contribution in [3.63, 3.8) is 0 Å². The molecule has 72 valence electrons. The van der Waals surface area contributed by atoms with E-state index in [0.29, 0.717) is 6.04 Å². The lowest BCUT2D eigenvalue weighted by molar-refractivity contribution is 0.543. The zero-order valence-electron chi connectivity index (χ0n) is 7.96. The monoisotopic (exact) mass is 197 g/mol. The molecule has 0 amide bonds. The average molecular weight is 198 g/mol. The SMILES string of the molecule is CNC(CCCCl)c1ccccc1. The standard InChI is InChI=1S/C11H16ClN/c1-13-11(8-5-9-12)10-6-3-2-4-7-10/h2-4,6-7,11,13H,5,8-9H2,1H3. The van der Waals surface area contributed by atoms with Gasteiger partial charge in [0.25, 0.3) is 0 Å². The fourth-order valence-electron chi connectivity index (χ4n) is 1.44. The summed E-state index contributed by atoms with van der Waals surface area (Å²) in [5.41, 5.74) is 1.34. The Hall–Kier alpha value is -0.530. The van der Waals surface area contributed by atoms with Crippen molar-refractivity contribution in [1.82, 2.24) is 5.32 Å². The fraction of sp³-hybridized carbons (Fsp3) is 0.455. The fourth-order valence-corrected chi connectivity index (χ4v) is 1.60. The molecule has 2 heteroatoms. The van der Waals surface area contributed by atoms with Crippen molar-refractivity contribution in [3.8, 4) is 0 Å². The normalized spacial score (nSPS) is 12.8. The Morgan fingerprint density at radius 3 is 2.54 bits per heavy atom. The van der Waals surface area contributed by atoms with E-state index < -0.39 is 0 Å². The lowest BCUT2D eigenvalue weighted by atomic mass is 10.0. The molecule has 1 unspecified atom stereocenters. The van der Waals surface area contributed by atoms with E-state index in [1.54, 1.807) is 0 Å². The first-order valence-electron chi connectivity index (χ1n) is 4.66. The summed E-state index contributed by atoms with van der Waals surface area (Å²) in [4.78, 5) is 0. The van der Waals surface area contributed by atoms with Crippen LogP contribution in [0, 0.1) is 0 Å². The number of benzene rings is 1. The largest absolute Gasteiger partial charge is 0.313 e. The molecule has 0 radical (unpaired) electrons. The van der Waals surface area contributed by atoms with E-state index in [4.69, 9.17) is 11.6 Å². The topological polar surface area (TPSA) is 12.0 Å². The zero-order valence-corrected chi connectivity index (χ0v) is 8.72. The van der Waals surface area contributed by atoms with Gasteiger partial charge in [0.15, 0.2) is 0 Å². The minimum Gasteiger partial charge on any atom is -0.313 e. The molecule has 0 aliphatic carbocycles. The predicted octanol–water partition coefficient (Wildman–Crippen LogP) is 2.97. The van der Waals surface area contributed by atoms with E-state index in [0.717, 1.165) is 18.7 Å². The Kier molecular flexibility index (Phi) is 4.87. The molecule has 1 aromatic carbocycles. The van der Waals surface area contributed by atoms with Gasteiger partial charge < -0.3 is 5.32 Å². The molecule has 0 saturated heterocycles. The van der Waals surface area contributed by atoms with Gasteiger partial charge in [0.1, 0.15) is 0 Å². The van der Waals surface area contributed by atoms with E-state index in [1.807, 2.05) is 13.1 Å². The van der Waals surface area contributed by atoms with Crippen LogP contribution in [0.15, 0.2) is 30.3 Å². The quantitative estimate of drug-likeness (QED) is 0.716. The summed E-state index contributed by atoms with van der Waals surface area (Å²) in [6, 6.07) is 10.9. The second kappa shape index (κ2) is 6.01. The minimum absolute atomic E-state index is 0.444. The van der Waals surface area contributed by atoms with E-state index in [-0.39, 0.29) is 0 Å². The van der Waals surface area contributed by atoms with Gasteiger partial charge in [-0.15, -0.1) is 11.6 Å². The van der Waals surface area contributed by atoms with Crippen molar-refractivity contribution in [2.75, 3.05) is 12.9 Å². The van der Waals surface area contributed by atoms with Crippen LogP contribution in [0.3, 0.4) is 0 Å². The Morgan fingerprint density at radius 1 is 1.31 bits per heavy atom. The van der Waals surface area contributed by atoms with Crippen molar-refractivity contribution in [2.45, 2.75) is 18.9 Å². The lowest BCUT2D eigenvalue weighted by Crippen LogP contribution is -2.16. The molecule has 0 aliphatic heterocycles. The van der Waals surface area contributed by atoms with Crippen LogP contribution in [0.2, 0.25) is 0 Å². The van der Waals surface area contributed by atoms with Gasteiger partial charge in [-0.3, -0.25) is 0 Å². The molecule has 0 saturated carbocycles. The van der Waals surface area contributed by atoms with E-state index in [9.17, 15) is 0 Å². The van der Waals surface area contributed by atoms with Crippen LogP contribution in [0.5, 0.6) is 0 Å². The third kappa shape index (κ3) is 3.37. The molecular weight excluding hydrogens is 182 g/mol. The lowest BCUT2D eigenvalue weighted by Gasteiger charge is -2.15. The number of hydrogen-bond acceptors (Lipinski definition) is 1. The van der Waals surface area contributed by atoms with Crippen LogP contribution in [0.25, 0.3) is 0 Å². The van der Waals surface area contributed by atoms with Gasteiger partial charge >= 0.3 is 0 Å². The summed E-state index contributed by atoms with van der Waals surface area (Å²) in [5, 5.41) is 3.29. The third-order valence-electron chi connectivity index (χ3n) is 2.18. The highest BCUT2D eigenvalue weighted by Gasteiger charge is 2.06. The summed E-state index contributed by atoms with van der Waals surface area (Å²) in [6.07, 6.45) is 2.16. The van der Waals surface area contributed by atoms with Gasteiger partial charge in [0.05, 0.1) is 0 Å². The summed E-state index contributed by atoms with van der Waals surface area (Å²) < 4.78 is 0. The maximum atomic E-state index is 5.66. The highest BCUT2D eigenvalue weighted by atomic mass is 35.5. The molecule has 0 bridgehead atoms. The Balaban J connectivity index is 2.56. The molecule has 0 aliphatic rings. The molecule has 1 aromatic rings. The van der Waals surface area contributed by atoms with Gasteiger partial charge in [0, 0.05) is 11.9 Å². The summed E-state index contributed by atoms with van der Waals surface area (Å²) in [5.74, 6) is 0.741. The van der Waals surface area contributed by atoms with Crippen molar-refractivity contribution < 1.29 is 0 Å². The van der Waals surface area contributed by atoms with Crippen molar-refractivity contribution in [3.05, 3.63) is 35.9 Å². The molecule has 1 nitrogen and oxygen atoms in total. The molecule has 0 fully saturated rings. The van der Waals surface area contributed by atoms with Gasteiger partial charge in [0.2, 0.25) is 0 Å². The van der Waals surface area contributed by atoms with Crippen LogP contribution in [0.4, 0.5) is 0 Å². The molecule has 1 atom stereocenters. The highest BCUT2D eigenvalue weighted by molar-refractivity contribution is 6.17. The maximum absolute atomic E-state index is 5.66. The first-order chi connectivity index (χ1) is 6.38. The predicted molar refractivity (Wildman–Crippen MR) is 58.2 cm³/mol. The first-order valence-corrected chi connectivity index (χ1v) is 5.20. The summed E-state index contributed by atoms with van der Waals surface area (Å²) in [7, 11) is 1.99. The van der Waals surface area contributed by atoms with Crippen molar-refractivity contribution >= 4 is 11.6 Å². The van der Waals surface area contributed by atoms with Crippen LogP contribution in [-0.4, -0.2) is 12.9 Å². The molecular formula is C11H16ClN. The van der Waals surface area contributed by atoms with Crippen LogP contribution < -0.4 is 5.32 Å². The second-order valence-electron chi connectivity index (χ2n) is 3.08. The second-order valence-corrected chi connectivity index (χ2v) is 3.46. The van der Waals surface area contributed by atoms with E-state index in [2.05, 4.69) is 29.6 Å². The molecule has 13 heavy (non-hydrogen) atoms. The van der Waals surface area contributed by atoms with Gasteiger partial charge in [-0.2, -0.15) is 0 Å². The minimum atomic E-state index is 0.444. The molecule has 1 N–H and O–H groups in total. The van der Waals surface area contributed by atoms with Crippen molar-refractivity contribution in [2.24, 2.45) is 0 Å². The van der Waals surface area contributed by atoms with Crippen LogP contribution in [0.1, 0.15) is 24.4 Å². The Bertz CT molecular complexity index is 223. The number of hydrogen-bond donors (Lipinski definition) is 1. The molecule has 0 heterocycles. The number of alkyl halides is 1. The Labute approximate surface area is 85.1 Å². The van der Waals surface area contributed by atoms with Gasteiger partial charge in [-0.25, -0.2) is 0 Å². The summed E-state index contributed by atoms with van der Waals surface area (Å²) >= 11 is 5.66. The van der Waals surface area contributed by atoms with E-state index in [1.165, 1.54) is 5.56 Å². The molecule has 0 aromatic heterocycles. The Morgan fingerprint density at radius 2 is 2.00 bits per heavy atom. The number of halogens is 1. The van der Waals surface area contributed by atoms with Crippen molar-refractivity contribution in [1.29, 1.82) is 0 Å². The smallest absolute Gasteiger partial charge is 0.0317 e. The van der Waals surface area contributed by atoms with Crippen LogP contribution >= 0.6 is 11.6 Å². The van der Waals surface area contributed by atoms with Crippen LogP contribution in [-0.2, 0) is 0 Å². The number of nitrogens with one attached hydrogen (secondary N) is 1. The first kappa shape index (κ1) is 10.6. The molecule has 0 spiro atoms. The summed E-state index contributed by atoms with van der Waals surface area (Å²) in [6.45, 7) is 0. The average Bonchev–Trinajstić information content (AvgIpc) is 2.21.